The molecule has 2 aromatic rings. The number of nitrogens with zero attached hydrogens (tertiary/aromatic N) is 3. The lowest BCUT2D eigenvalue weighted by Gasteiger charge is -2.20. The second-order valence-electron chi connectivity index (χ2n) is 4.87. The van der Waals surface area contributed by atoms with Crippen LogP contribution in [-0.2, 0) is 6.54 Å². The summed E-state index contributed by atoms with van der Waals surface area (Å²) in [6.45, 7) is 4.39. The van der Waals surface area contributed by atoms with Crippen molar-refractivity contribution in [3.8, 4) is 6.07 Å². The molecule has 0 aliphatic rings. The number of nitriles is 1. The van der Waals surface area contributed by atoms with Crippen LogP contribution in [0.4, 0.5) is 10.2 Å². The largest absolute Gasteiger partial charge is 0.354 e. The molecule has 2 rings (SSSR count). The third-order valence-electron chi connectivity index (χ3n) is 3.13. The summed E-state index contributed by atoms with van der Waals surface area (Å²) in [7, 11) is 1.88. The van der Waals surface area contributed by atoms with Crippen molar-refractivity contribution in [2.45, 2.75) is 20.4 Å². The molecule has 4 heteroatoms. The SMILES string of the molecule is Cc1cc(C)c(C#N)c(N(C)Cc2ccc(F)cc2)n1. The van der Waals surface area contributed by atoms with Gasteiger partial charge < -0.3 is 4.90 Å². The molecular weight excluding hydrogens is 253 g/mol. The van der Waals surface area contributed by atoms with Crippen LogP contribution in [0.5, 0.6) is 0 Å². The summed E-state index contributed by atoms with van der Waals surface area (Å²) >= 11 is 0. The van der Waals surface area contributed by atoms with Crippen LogP contribution >= 0.6 is 0 Å². The molecule has 0 N–H and O–H groups in total. The van der Waals surface area contributed by atoms with Crippen molar-refractivity contribution in [2.75, 3.05) is 11.9 Å². The van der Waals surface area contributed by atoms with Gasteiger partial charge in [0.05, 0.1) is 5.56 Å². The van der Waals surface area contributed by atoms with Crippen molar-refractivity contribution >= 4 is 5.82 Å². The van der Waals surface area contributed by atoms with E-state index in [1.165, 1.54) is 12.1 Å². The van der Waals surface area contributed by atoms with Crippen LogP contribution in [0.2, 0.25) is 0 Å². The highest BCUT2D eigenvalue weighted by Gasteiger charge is 2.13. The summed E-state index contributed by atoms with van der Waals surface area (Å²) in [6.07, 6.45) is 0. The highest BCUT2D eigenvalue weighted by molar-refractivity contribution is 5.57. The average Bonchev–Trinajstić information content (AvgIpc) is 2.40. The summed E-state index contributed by atoms with van der Waals surface area (Å²) in [5.74, 6) is 0.410. The molecule has 0 fully saturated rings. The third kappa shape index (κ3) is 2.94. The van der Waals surface area contributed by atoms with Crippen LogP contribution in [0.25, 0.3) is 0 Å². The maximum absolute atomic E-state index is 12.9. The fourth-order valence-corrected chi connectivity index (χ4v) is 2.17. The van der Waals surface area contributed by atoms with Gasteiger partial charge in [-0.15, -0.1) is 0 Å². The van der Waals surface area contributed by atoms with Crippen molar-refractivity contribution in [1.82, 2.24) is 4.98 Å². The lowest BCUT2D eigenvalue weighted by molar-refractivity contribution is 0.627. The maximum atomic E-state index is 12.9. The molecule has 1 aromatic heterocycles. The molecule has 0 radical (unpaired) electrons. The highest BCUT2D eigenvalue weighted by Crippen LogP contribution is 2.22. The van der Waals surface area contributed by atoms with E-state index in [9.17, 15) is 9.65 Å². The van der Waals surface area contributed by atoms with Gasteiger partial charge in [-0.05, 0) is 43.2 Å². The number of hydrogen-bond acceptors (Lipinski definition) is 3. The molecule has 0 aliphatic carbocycles. The number of aromatic nitrogens is 1. The fraction of sp³-hybridized carbons (Fsp3) is 0.250. The summed E-state index contributed by atoms with van der Waals surface area (Å²) in [4.78, 5) is 6.36. The van der Waals surface area contributed by atoms with Crippen LogP contribution in [0.1, 0.15) is 22.4 Å². The molecule has 0 atom stereocenters. The van der Waals surface area contributed by atoms with Crippen LogP contribution in [-0.4, -0.2) is 12.0 Å². The Labute approximate surface area is 118 Å². The molecule has 0 saturated heterocycles. The second-order valence-corrected chi connectivity index (χ2v) is 4.87. The fourth-order valence-electron chi connectivity index (χ4n) is 2.17. The van der Waals surface area contributed by atoms with Gasteiger partial charge in [0.15, 0.2) is 0 Å². The summed E-state index contributed by atoms with van der Waals surface area (Å²) < 4.78 is 12.9. The van der Waals surface area contributed by atoms with Crippen molar-refractivity contribution in [3.05, 3.63) is 58.5 Å². The monoisotopic (exact) mass is 269 g/mol. The molecule has 0 aliphatic heterocycles. The molecule has 0 bridgehead atoms. The molecular formula is C16H16FN3. The minimum atomic E-state index is -0.251. The van der Waals surface area contributed by atoms with Crippen molar-refractivity contribution in [2.24, 2.45) is 0 Å². The minimum absolute atomic E-state index is 0.251. The van der Waals surface area contributed by atoms with Gasteiger partial charge in [0.1, 0.15) is 17.7 Å². The van der Waals surface area contributed by atoms with E-state index in [0.29, 0.717) is 17.9 Å². The molecule has 1 aromatic carbocycles. The van der Waals surface area contributed by atoms with Crippen LogP contribution in [0.15, 0.2) is 30.3 Å². The number of hydrogen-bond donors (Lipinski definition) is 0. The van der Waals surface area contributed by atoms with Crippen LogP contribution in [0, 0.1) is 31.0 Å². The van der Waals surface area contributed by atoms with E-state index in [-0.39, 0.29) is 5.82 Å². The molecule has 102 valence electrons. The van der Waals surface area contributed by atoms with Gasteiger partial charge >= 0.3 is 0 Å². The Morgan fingerprint density at radius 2 is 1.90 bits per heavy atom. The normalized spacial score (nSPS) is 10.2. The predicted octanol–water partition coefficient (Wildman–Crippen LogP) is 3.35. The Bertz CT molecular complexity index is 657. The Hall–Kier alpha value is -2.41. The lowest BCUT2D eigenvalue weighted by atomic mass is 10.1. The number of benzene rings is 1. The molecule has 0 saturated carbocycles. The van der Waals surface area contributed by atoms with E-state index in [1.54, 1.807) is 12.1 Å². The van der Waals surface area contributed by atoms with Crippen molar-refractivity contribution in [3.63, 3.8) is 0 Å². The summed E-state index contributed by atoms with van der Waals surface area (Å²) in [6, 6.07) is 10.4. The number of aryl methyl sites for hydroxylation is 2. The second kappa shape index (κ2) is 5.70. The molecule has 0 unspecified atom stereocenters. The van der Waals surface area contributed by atoms with Gasteiger partial charge in [0, 0.05) is 19.3 Å². The first-order valence-corrected chi connectivity index (χ1v) is 6.35. The predicted molar refractivity (Wildman–Crippen MR) is 76.9 cm³/mol. The first kappa shape index (κ1) is 14.0. The number of halogens is 1. The molecule has 3 nitrogen and oxygen atoms in total. The van der Waals surface area contributed by atoms with Gasteiger partial charge in [0.2, 0.25) is 0 Å². The number of pyridine rings is 1. The first-order valence-electron chi connectivity index (χ1n) is 6.35. The first-order chi connectivity index (χ1) is 9.51. The highest BCUT2D eigenvalue weighted by atomic mass is 19.1. The minimum Gasteiger partial charge on any atom is -0.354 e. The maximum Gasteiger partial charge on any atom is 0.147 e. The summed E-state index contributed by atoms with van der Waals surface area (Å²) in [5, 5.41) is 9.28. The third-order valence-corrected chi connectivity index (χ3v) is 3.13. The van der Waals surface area contributed by atoms with Gasteiger partial charge in [-0.1, -0.05) is 12.1 Å². The van der Waals surface area contributed by atoms with Gasteiger partial charge in [-0.2, -0.15) is 5.26 Å². The Morgan fingerprint density at radius 3 is 2.50 bits per heavy atom. The number of rotatable bonds is 3. The van der Waals surface area contributed by atoms with Crippen LogP contribution < -0.4 is 4.90 Å². The smallest absolute Gasteiger partial charge is 0.147 e. The Balaban J connectivity index is 2.32. The van der Waals surface area contributed by atoms with E-state index in [4.69, 9.17) is 0 Å². The van der Waals surface area contributed by atoms with Gasteiger partial charge in [-0.3, -0.25) is 0 Å². The van der Waals surface area contributed by atoms with E-state index < -0.39 is 0 Å². The van der Waals surface area contributed by atoms with Gasteiger partial charge in [-0.25, -0.2) is 9.37 Å². The topological polar surface area (TPSA) is 39.9 Å². The zero-order valence-electron chi connectivity index (χ0n) is 11.8. The average molecular weight is 269 g/mol. The lowest BCUT2D eigenvalue weighted by Crippen LogP contribution is -2.19. The van der Waals surface area contributed by atoms with Crippen molar-refractivity contribution in [1.29, 1.82) is 5.26 Å². The Kier molecular flexibility index (Phi) is 3.99. The van der Waals surface area contributed by atoms with E-state index in [1.807, 2.05) is 31.9 Å². The zero-order chi connectivity index (χ0) is 14.7. The molecule has 1 heterocycles. The molecule has 0 amide bonds. The Morgan fingerprint density at radius 1 is 1.25 bits per heavy atom. The van der Waals surface area contributed by atoms with E-state index >= 15 is 0 Å². The molecule has 0 spiro atoms. The number of anilines is 1. The van der Waals surface area contributed by atoms with Gasteiger partial charge in [0.25, 0.3) is 0 Å². The quantitative estimate of drug-likeness (QED) is 0.858. The van der Waals surface area contributed by atoms with Crippen LogP contribution in [0.3, 0.4) is 0 Å². The van der Waals surface area contributed by atoms with Crippen molar-refractivity contribution < 1.29 is 4.39 Å². The van der Waals surface area contributed by atoms with E-state index in [2.05, 4.69) is 11.1 Å². The van der Waals surface area contributed by atoms with E-state index in [0.717, 1.165) is 16.8 Å². The standard InChI is InChI=1S/C16H16FN3/c1-11-8-12(2)19-16(15(11)9-18)20(3)10-13-4-6-14(17)7-5-13/h4-8H,10H2,1-3H3. The molecule has 20 heavy (non-hydrogen) atoms. The summed E-state index contributed by atoms with van der Waals surface area (Å²) in [5.41, 5.74) is 3.35. The zero-order valence-corrected chi connectivity index (χ0v) is 11.8.